The number of amides is 1. The number of hydrogen-bond acceptors (Lipinski definition) is 7. The number of aryl methyl sites for hydroxylation is 1. The predicted molar refractivity (Wildman–Crippen MR) is 97.7 cm³/mol. The van der Waals surface area contributed by atoms with E-state index in [0.29, 0.717) is 18.8 Å². The molecule has 0 saturated carbocycles. The highest BCUT2D eigenvalue weighted by atomic mass is 16.6. The van der Waals surface area contributed by atoms with E-state index in [2.05, 4.69) is 15.5 Å². The number of alkyl carbamates (subject to hydrolysis) is 1. The lowest BCUT2D eigenvalue weighted by Gasteiger charge is -2.19. The zero-order valence-electron chi connectivity index (χ0n) is 16.1. The SMILES string of the molecule is Cc1ccccc1-c1noc(COC(=O)CCCNC(=O)OC(C)(C)C)n1. The molecule has 1 amide bonds. The maximum absolute atomic E-state index is 11.8. The van der Waals surface area contributed by atoms with Gasteiger partial charge in [0.1, 0.15) is 5.60 Å². The lowest BCUT2D eigenvalue weighted by molar-refractivity contribution is -0.145. The van der Waals surface area contributed by atoms with Crippen molar-refractivity contribution in [2.24, 2.45) is 0 Å². The second kappa shape index (κ2) is 9.16. The molecule has 1 aromatic heterocycles. The number of esters is 1. The number of rotatable bonds is 7. The van der Waals surface area contributed by atoms with Gasteiger partial charge in [-0.3, -0.25) is 4.79 Å². The Labute approximate surface area is 158 Å². The summed E-state index contributed by atoms with van der Waals surface area (Å²) in [6.45, 7) is 7.54. The van der Waals surface area contributed by atoms with Crippen LogP contribution in [0.3, 0.4) is 0 Å². The van der Waals surface area contributed by atoms with Crippen molar-refractivity contribution < 1.29 is 23.6 Å². The monoisotopic (exact) mass is 375 g/mol. The van der Waals surface area contributed by atoms with Crippen molar-refractivity contribution in [2.75, 3.05) is 6.54 Å². The molecule has 8 heteroatoms. The maximum Gasteiger partial charge on any atom is 0.407 e. The van der Waals surface area contributed by atoms with E-state index >= 15 is 0 Å². The molecule has 0 radical (unpaired) electrons. The van der Waals surface area contributed by atoms with Crippen LogP contribution in [0.4, 0.5) is 4.79 Å². The van der Waals surface area contributed by atoms with Crippen molar-refractivity contribution >= 4 is 12.1 Å². The molecule has 0 aliphatic carbocycles. The van der Waals surface area contributed by atoms with Gasteiger partial charge in [-0.05, 0) is 39.7 Å². The minimum atomic E-state index is -0.551. The lowest BCUT2D eigenvalue weighted by Crippen LogP contribution is -2.33. The van der Waals surface area contributed by atoms with Crippen LogP contribution in [0.5, 0.6) is 0 Å². The molecule has 8 nitrogen and oxygen atoms in total. The number of carbonyl (C=O) groups excluding carboxylic acids is 2. The third-order valence-electron chi connectivity index (χ3n) is 3.44. The smallest absolute Gasteiger partial charge is 0.407 e. The number of benzene rings is 1. The van der Waals surface area contributed by atoms with Crippen molar-refractivity contribution in [3.63, 3.8) is 0 Å². The fourth-order valence-electron chi connectivity index (χ4n) is 2.20. The number of aromatic nitrogens is 2. The summed E-state index contributed by atoms with van der Waals surface area (Å²) in [7, 11) is 0. The summed E-state index contributed by atoms with van der Waals surface area (Å²) in [6, 6.07) is 7.67. The zero-order valence-corrected chi connectivity index (χ0v) is 16.1. The van der Waals surface area contributed by atoms with Gasteiger partial charge in [0, 0.05) is 18.5 Å². The summed E-state index contributed by atoms with van der Waals surface area (Å²) in [5.74, 6) is 0.283. The van der Waals surface area contributed by atoms with Gasteiger partial charge in [0.15, 0.2) is 6.61 Å². The molecule has 0 saturated heterocycles. The minimum absolute atomic E-state index is 0.0861. The summed E-state index contributed by atoms with van der Waals surface area (Å²) < 4.78 is 15.3. The molecule has 0 aliphatic rings. The predicted octanol–water partition coefficient (Wildman–Crippen LogP) is 3.39. The van der Waals surface area contributed by atoms with Crippen molar-refractivity contribution in [2.45, 2.75) is 52.7 Å². The number of carbonyl (C=O) groups is 2. The van der Waals surface area contributed by atoms with Crippen LogP contribution >= 0.6 is 0 Å². The Morgan fingerprint density at radius 1 is 1.22 bits per heavy atom. The van der Waals surface area contributed by atoms with E-state index in [-0.39, 0.29) is 18.9 Å². The van der Waals surface area contributed by atoms with Crippen LogP contribution in [0.15, 0.2) is 28.8 Å². The molecular formula is C19H25N3O5. The maximum atomic E-state index is 11.8. The number of nitrogens with zero attached hydrogens (tertiary/aromatic N) is 2. The first-order valence-electron chi connectivity index (χ1n) is 8.75. The Morgan fingerprint density at radius 3 is 2.67 bits per heavy atom. The van der Waals surface area contributed by atoms with Gasteiger partial charge in [-0.2, -0.15) is 4.98 Å². The Balaban J connectivity index is 1.69. The molecule has 27 heavy (non-hydrogen) atoms. The molecule has 0 atom stereocenters. The van der Waals surface area contributed by atoms with Crippen molar-refractivity contribution in [1.82, 2.24) is 15.5 Å². The lowest BCUT2D eigenvalue weighted by atomic mass is 10.1. The molecule has 146 valence electrons. The number of hydrogen-bond donors (Lipinski definition) is 1. The van der Waals surface area contributed by atoms with Crippen molar-refractivity contribution in [1.29, 1.82) is 0 Å². The molecule has 0 fully saturated rings. The van der Waals surface area contributed by atoms with E-state index in [1.807, 2.05) is 31.2 Å². The molecular weight excluding hydrogens is 350 g/mol. The Kier molecular flexibility index (Phi) is 6.92. The van der Waals surface area contributed by atoms with E-state index in [9.17, 15) is 9.59 Å². The molecule has 2 aromatic rings. The number of nitrogens with one attached hydrogen (secondary N) is 1. The van der Waals surface area contributed by atoms with E-state index < -0.39 is 17.7 Å². The standard InChI is InChI=1S/C19H25N3O5/c1-13-8-5-6-9-14(13)17-21-15(27-22-17)12-25-16(23)10-7-11-20-18(24)26-19(2,3)4/h5-6,8-9H,7,10-12H2,1-4H3,(H,20,24). The fourth-order valence-corrected chi connectivity index (χ4v) is 2.20. The minimum Gasteiger partial charge on any atom is -0.456 e. The quantitative estimate of drug-likeness (QED) is 0.584. The molecule has 1 heterocycles. The summed E-state index contributed by atoms with van der Waals surface area (Å²) in [5, 5.41) is 6.50. The van der Waals surface area contributed by atoms with Gasteiger partial charge in [0.05, 0.1) is 0 Å². The first kappa shape index (κ1) is 20.4. The molecule has 2 rings (SSSR count). The van der Waals surface area contributed by atoms with E-state index in [4.69, 9.17) is 14.0 Å². The molecule has 0 bridgehead atoms. The Morgan fingerprint density at radius 2 is 1.96 bits per heavy atom. The summed E-state index contributed by atoms with van der Waals surface area (Å²) in [5.41, 5.74) is 1.34. The Bertz CT molecular complexity index is 780. The van der Waals surface area contributed by atoms with Crippen LogP contribution in [0.1, 0.15) is 45.1 Å². The van der Waals surface area contributed by atoms with E-state index in [0.717, 1.165) is 11.1 Å². The largest absolute Gasteiger partial charge is 0.456 e. The third kappa shape index (κ3) is 7.08. The van der Waals surface area contributed by atoms with Gasteiger partial charge in [-0.1, -0.05) is 29.4 Å². The first-order valence-corrected chi connectivity index (χ1v) is 8.75. The first-order chi connectivity index (χ1) is 12.7. The van der Waals surface area contributed by atoms with Gasteiger partial charge in [0.2, 0.25) is 5.82 Å². The summed E-state index contributed by atoms with van der Waals surface area (Å²) >= 11 is 0. The van der Waals surface area contributed by atoms with Crippen LogP contribution in [-0.2, 0) is 20.9 Å². The summed E-state index contributed by atoms with van der Waals surface area (Å²) in [4.78, 5) is 27.5. The second-order valence-electron chi connectivity index (χ2n) is 7.02. The van der Waals surface area contributed by atoms with Gasteiger partial charge < -0.3 is 19.3 Å². The van der Waals surface area contributed by atoms with E-state index in [1.54, 1.807) is 20.8 Å². The van der Waals surface area contributed by atoms with Crippen molar-refractivity contribution in [3.05, 3.63) is 35.7 Å². The molecule has 0 aliphatic heterocycles. The van der Waals surface area contributed by atoms with Crippen LogP contribution in [0.25, 0.3) is 11.4 Å². The van der Waals surface area contributed by atoms with Gasteiger partial charge >= 0.3 is 12.1 Å². The average Bonchev–Trinajstić information content (AvgIpc) is 3.04. The van der Waals surface area contributed by atoms with Gasteiger partial charge in [0.25, 0.3) is 5.89 Å². The highest BCUT2D eigenvalue weighted by Crippen LogP contribution is 2.19. The highest BCUT2D eigenvalue weighted by Gasteiger charge is 2.16. The van der Waals surface area contributed by atoms with E-state index in [1.165, 1.54) is 0 Å². The second-order valence-corrected chi connectivity index (χ2v) is 7.02. The van der Waals surface area contributed by atoms with Gasteiger partial charge in [-0.15, -0.1) is 0 Å². The molecule has 1 aromatic carbocycles. The fraction of sp³-hybridized carbons (Fsp3) is 0.474. The Hall–Kier alpha value is -2.90. The average molecular weight is 375 g/mol. The van der Waals surface area contributed by atoms with Gasteiger partial charge in [-0.25, -0.2) is 4.79 Å². The summed E-state index contributed by atoms with van der Waals surface area (Å²) in [6.07, 6.45) is 0.0933. The van der Waals surface area contributed by atoms with Crippen LogP contribution in [-0.4, -0.2) is 34.3 Å². The zero-order chi connectivity index (χ0) is 19.9. The number of ether oxygens (including phenoxy) is 2. The van der Waals surface area contributed by atoms with Crippen molar-refractivity contribution in [3.8, 4) is 11.4 Å². The third-order valence-corrected chi connectivity index (χ3v) is 3.44. The highest BCUT2D eigenvalue weighted by molar-refractivity contribution is 5.70. The normalized spacial score (nSPS) is 11.1. The van der Waals surface area contributed by atoms with Crippen LogP contribution in [0.2, 0.25) is 0 Å². The van der Waals surface area contributed by atoms with Crippen LogP contribution in [0, 0.1) is 6.92 Å². The van der Waals surface area contributed by atoms with Crippen LogP contribution < -0.4 is 5.32 Å². The molecule has 0 unspecified atom stereocenters. The topological polar surface area (TPSA) is 104 Å². The molecule has 1 N–H and O–H groups in total. The molecule has 0 spiro atoms.